The summed E-state index contributed by atoms with van der Waals surface area (Å²) in [4.78, 5) is 25.9. The van der Waals surface area contributed by atoms with Crippen molar-refractivity contribution >= 4 is 38.6 Å². The first-order valence-electron chi connectivity index (χ1n) is 18.2. The lowest BCUT2D eigenvalue weighted by Crippen LogP contribution is -2.31. The van der Waals surface area contributed by atoms with Crippen LogP contribution in [-0.2, 0) is 28.2 Å². The van der Waals surface area contributed by atoms with Crippen LogP contribution in [0.25, 0.3) is 10.9 Å². The van der Waals surface area contributed by atoms with Gasteiger partial charge in [0.15, 0.2) is 0 Å². The van der Waals surface area contributed by atoms with Crippen molar-refractivity contribution in [3.63, 3.8) is 0 Å². The number of sulfonamides is 1. The molecular formula is C31H33N3O6S. The van der Waals surface area contributed by atoms with Crippen LogP contribution in [0, 0.1) is 6.92 Å². The molecule has 41 heavy (non-hydrogen) atoms. The number of methoxy groups -OCH3 is 1. The van der Waals surface area contributed by atoms with Crippen LogP contribution in [0.5, 0.6) is 5.75 Å². The van der Waals surface area contributed by atoms with Gasteiger partial charge in [-0.3, -0.25) is 10.1 Å². The van der Waals surface area contributed by atoms with Crippen molar-refractivity contribution in [3.05, 3.63) is 89.1 Å². The average molecular weight is 588 g/mol. The van der Waals surface area contributed by atoms with Gasteiger partial charge in [-0.1, -0.05) is 24.3 Å². The summed E-state index contributed by atoms with van der Waals surface area (Å²) in [5.41, 5.74) is 1.28. The molecule has 0 atom stereocenters. The van der Waals surface area contributed by atoms with Crippen molar-refractivity contribution in [2.24, 2.45) is 6.98 Å². The molecule has 0 aliphatic heterocycles. The summed E-state index contributed by atoms with van der Waals surface area (Å²) in [6.07, 6.45) is -18.4. The number of fused-ring (bicyclic) bond motifs is 1. The Kier molecular flexibility index (Phi) is 4.79. The number of nitrogens with zero attached hydrogens (tertiary/aromatic N) is 1. The van der Waals surface area contributed by atoms with E-state index < -0.39 is 60.6 Å². The lowest BCUT2D eigenvalue weighted by molar-refractivity contribution is 0.0980. The molecule has 10 heteroatoms. The highest BCUT2D eigenvalue weighted by Crippen LogP contribution is 2.30. The third-order valence-corrected chi connectivity index (χ3v) is 7.77. The molecule has 1 saturated carbocycles. The van der Waals surface area contributed by atoms with Crippen molar-refractivity contribution < 1.29 is 43.9 Å². The molecule has 1 aliphatic carbocycles. The van der Waals surface area contributed by atoms with Gasteiger partial charge in [-0.2, -0.15) is 0 Å². The maximum atomic E-state index is 13.0. The van der Waals surface area contributed by atoms with Gasteiger partial charge in [0.25, 0.3) is 15.9 Å². The van der Waals surface area contributed by atoms with Gasteiger partial charge in [0.2, 0.25) is 0 Å². The van der Waals surface area contributed by atoms with Crippen LogP contribution in [0.15, 0.2) is 71.8 Å². The second-order valence-corrected chi connectivity index (χ2v) is 10.7. The normalized spacial score (nSPS) is 24.0. The molecule has 3 aromatic carbocycles. The van der Waals surface area contributed by atoms with E-state index >= 15 is 0 Å². The molecule has 1 fully saturated rings. The van der Waals surface area contributed by atoms with Gasteiger partial charge in [-0.25, -0.2) is 17.9 Å². The fraction of sp³-hybridized carbons (Fsp3) is 0.290. The van der Waals surface area contributed by atoms with E-state index in [4.69, 9.17) is 25.9 Å². The molecule has 1 aromatic heterocycles. The molecule has 0 radical (unpaired) electrons. The number of ether oxygens (including phenoxy) is 2. The zero-order chi connectivity index (χ0) is 39.7. The summed E-state index contributed by atoms with van der Waals surface area (Å²) in [5.74, 6) is -0.778. The van der Waals surface area contributed by atoms with E-state index in [0.29, 0.717) is 16.7 Å². The van der Waals surface area contributed by atoms with Gasteiger partial charge in [-0.05, 0) is 85.5 Å². The maximum Gasteiger partial charge on any atom is 0.411 e. The highest BCUT2D eigenvalue weighted by Gasteiger charge is 2.22. The molecule has 0 bridgehead atoms. The highest BCUT2D eigenvalue weighted by molar-refractivity contribution is 7.90. The summed E-state index contributed by atoms with van der Waals surface area (Å²) >= 11 is 0. The average Bonchev–Trinajstić information content (AvgIpc) is 3.43. The molecule has 2 amide bonds. The van der Waals surface area contributed by atoms with Gasteiger partial charge in [0, 0.05) is 56.8 Å². The molecule has 214 valence electrons. The van der Waals surface area contributed by atoms with Crippen LogP contribution in [0.4, 0.5) is 10.5 Å². The number of hydrogen-bond donors (Lipinski definition) is 2. The monoisotopic (exact) mass is 587 g/mol. The second kappa shape index (κ2) is 11.7. The number of benzene rings is 3. The number of nitrogens with one attached hydrogen (secondary N) is 2. The third-order valence-electron chi connectivity index (χ3n) is 6.28. The summed E-state index contributed by atoms with van der Waals surface area (Å²) in [7, 11) is -2.90. The molecule has 0 saturated heterocycles. The Hall–Kier alpha value is -4.31. The quantitative estimate of drug-likeness (QED) is 0.273. The van der Waals surface area contributed by atoms with Crippen LogP contribution < -0.4 is 14.8 Å². The minimum absolute atomic E-state index is 0.0134. The predicted molar refractivity (Wildman–Crippen MR) is 157 cm³/mol. The molecule has 0 spiro atoms. The van der Waals surface area contributed by atoms with Crippen molar-refractivity contribution in [3.8, 4) is 5.75 Å². The Balaban J connectivity index is 1.45. The number of aryl methyl sites for hydroxylation is 2. The van der Waals surface area contributed by atoms with E-state index in [2.05, 4.69) is 5.32 Å². The minimum atomic E-state index is -4.21. The second-order valence-electron chi connectivity index (χ2n) is 9.00. The molecule has 1 aliphatic rings. The zero-order valence-corrected chi connectivity index (χ0v) is 22.7. The number of anilines is 1. The lowest BCUT2D eigenvalue weighted by atomic mass is 10.0. The van der Waals surface area contributed by atoms with Gasteiger partial charge >= 0.3 is 6.09 Å². The van der Waals surface area contributed by atoms with Gasteiger partial charge in [-0.15, -0.1) is 0 Å². The van der Waals surface area contributed by atoms with Crippen LogP contribution >= 0.6 is 0 Å². The Bertz CT molecular complexity index is 2210. The number of rotatable bonds is 8. The standard InChI is InChI=1S/C31H33N3O6S/c1-20-8-4-7-11-29(20)41(37,38)33-30(35)22-13-12-21(28(17-22)39-3)16-23-19-34(2)27-15-14-24(18-26(23)27)32-31(36)40-25-9-5-6-10-25/h4,7-8,11-15,17-19,25H,5-6,9-10,16H2,1-3H3,(H,32,36)(H,33,35)/i2D3,5D2,6D2,9D2,10D2,25D. The van der Waals surface area contributed by atoms with E-state index in [1.165, 1.54) is 61.8 Å². The number of amides is 2. The van der Waals surface area contributed by atoms with E-state index in [9.17, 15) is 18.0 Å². The molecule has 2 N–H and O–H groups in total. The maximum absolute atomic E-state index is 13.0. The van der Waals surface area contributed by atoms with E-state index in [0.717, 1.165) is 4.57 Å². The van der Waals surface area contributed by atoms with Crippen molar-refractivity contribution in [1.82, 2.24) is 9.29 Å². The minimum Gasteiger partial charge on any atom is -0.496 e. The van der Waals surface area contributed by atoms with E-state index in [1.54, 1.807) is 19.1 Å². The number of hydrogen-bond acceptors (Lipinski definition) is 6. The fourth-order valence-corrected chi connectivity index (χ4v) is 5.56. The summed E-state index contributed by atoms with van der Waals surface area (Å²) < 4.78 is 136. The number of carbonyl (C=O) groups is 2. The first kappa shape index (κ1) is 16.8. The summed E-state index contributed by atoms with van der Waals surface area (Å²) in [6, 6.07) is 14.2. The molecule has 9 nitrogen and oxygen atoms in total. The molecule has 0 unspecified atom stereocenters. The SMILES string of the molecule is [2H]C([2H])([2H])n1cc(Cc2ccc(C(=O)NS(=O)(=O)c3ccccc3C)cc2OC)c2cc(NC(=O)OC3([2H])C([2H])([2H])C([2H])([2H])C([2H])([2H])C3([2H])[2H])ccc21. The van der Waals surface area contributed by atoms with Crippen LogP contribution in [0.2, 0.25) is 0 Å². The largest absolute Gasteiger partial charge is 0.496 e. The van der Waals surface area contributed by atoms with Crippen molar-refractivity contribution in [2.45, 2.75) is 49.8 Å². The number of carbonyl (C=O) groups excluding carboxylic acids is 2. The molecular weight excluding hydrogens is 542 g/mol. The topological polar surface area (TPSA) is 116 Å². The first-order chi connectivity index (χ1) is 24.2. The van der Waals surface area contributed by atoms with Crippen LogP contribution in [0.1, 0.15) is 69.0 Å². The van der Waals surface area contributed by atoms with E-state index in [-0.39, 0.29) is 39.2 Å². The Labute approximate surface area is 256 Å². The lowest BCUT2D eigenvalue weighted by Gasteiger charge is -2.13. The highest BCUT2D eigenvalue weighted by atomic mass is 32.2. The molecule has 1 heterocycles. The van der Waals surface area contributed by atoms with Crippen molar-refractivity contribution in [2.75, 3.05) is 12.4 Å². The Morgan fingerprint density at radius 1 is 1.10 bits per heavy atom. The summed E-state index contributed by atoms with van der Waals surface area (Å²) in [5, 5.41) is 2.47. The van der Waals surface area contributed by atoms with Crippen LogP contribution in [-0.4, -0.2) is 38.2 Å². The fourth-order valence-electron chi connectivity index (χ4n) is 4.34. The predicted octanol–water partition coefficient (Wildman–Crippen LogP) is 5.70. The Morgan fingerprint density at radius 2 is 1.88 bits per heavy atom. The van der Waals surface area contributed by atoms with E-state index in [1.807, 2.05) is 4.72 Å². The Morgan fingerprint density at radius 3 is 2.61 bits per heavy atom. The number of aromatic nitrogens is 1. The smallest absolute Gasteiger partial charge is 0.411 e. The molecule has 5 rings (SSSR count). The summed E-state index contributed by atoms with van der Waals surface area (Å²) in [6.45, 7) is -1.09. The van der Waals surface area contributed by atoms with Crippen LogP contribution in [0.3, 0.4) is 0 Å². The van der Waals surface area contributed by atoms with Gasteiger partial charge in [0.1, 0.15) is 11.8 Å². The van der Waals surface area contributed by atoms with Gasteiger partial charge < -0.3 is 14.0 Å². The molecule has 4 aromatic rings. The zero-order valence-electron chi connectivity index (χ0n) is 33.9. The third kappa shape index (κ3) is 6.22. The van der Waals surface area contributed by atoms with Gasteiger partial charge in [0.05, 0.1) is 13.4 Å². The first-order valence-corrected chi connectivity index (χ1v) is 13.7. The van der Waals surface area contributed by atoms with Crippen molar-refractivity contribution in [1.29, 1.82) is 0 Å².